The largest absolute Gasteiger partial charge is 0.441 e. The van der Waals surface area contributed by atoms with E-state index in [4.69, 9.17) is 10.2 Å². The summed E-state index contributed by atoms with van der Waals surface area (Å²) in [6, 6.07) is 16.9. The maximum atomic E-state index is 11.0. The molecule has 0 bridgehead atoms. The van der Waals surface area contributed by atoms with Gasteiger partial charge < -0.3 is 15.1 Å². The van der Waals surface area contributed by atoms with E-state index >= 15 is 0 Å². The smallest absolute Gasteiger partial charge is 0.270 e. The van der Waals surface area contributed by atoms with Crippen molar-refractivity contribution in [3.05, 3.63) is 82.4 Å². The average molecular weight is 465 g/mol. The van der Waals surface area contributed by atoms with Crippen LogP contribution in [-0.2, 0) is 6.42 Å². The number of nitrogens with two attached hydrogens (primary N) is 1. The summed E-state index contributed by atoms with van der Waals surface area (Å²) >= 11 is 0. The number of hydrogen-bond donors (Lipinski definition) is 1. The lowest BCUT2D eigenvalue weighted by Crippen LogP contribution is -2.25. The fraction of sp³-hybridized carbons (Fsp3) is 0.318. The second-order valence-electron chi connectivity index (χ2n) is 7.45. The Balaban J connectivity index is 0.00000171. The molecule has 166 valence electrons. The van der Waals surface area contributed by atoms with Crippen molar-refractivity contribution in [2.75, 3.05) is 26.2 Å². The van der Waals surface area contributed by atoms with Gasteiger partial charge in [0.25, 0.3) is 5.69 Å². The lowest BCUT2D eigenvalue weighted by atomic mass is 9.89. The van der Waals surface area contributed by atoms with Crippen molar-refractivity contribution < 1.29 is 9.34 Å². The Labute approximate surface area is 193 Å². The van der Waals surface area contributed by atoms with Crippen LogP contribution < -0.4 is 5.73 Å². The molecule has 2 N–H and O–H groups in total. The lowest BCUT2D eigenvalue weighted by molar-refractivity contribution is -0.384. The Bertz CT molecular complexity index is 984. The number of non-ortho nitro benzene ring substituents is 1. The highest BCUT2D eigenvalue weighted by Gasteiger charge is 2.32. The molecule has 0 radical (unpaired) electrons. The second-order valence-corrected chi connectivity index (χ2v) is 7.45. The summed E-state index contributed by atoms with van der Waals surface area (Å²) in [4.78, 5) is 17.3. The molecule has 0 spiro atoms. The number of benzene rings is 2. The Morgan fingerprint density at radius 2 is 1.90 bits per heavy atom. The van der Waals surface area contributed by atoms with Gasteiger partial charge in [0.2, 0.25) is 0 Å². The van der Waals surface area contributed by atoms with Crippen LogP contribution in [0.15, 0.2) is 65.2 Å². The SMILES string of the molecule is Cl.Cl.NC[C@@H]1CN(CCc2ncc(-c3cccc([N+](=O)[O-])c3)o2)C[C@H]1c1ccccc1. The maximum Gasteiger partial charge on any atom is 0.270 e. The van der Waals surface area contributed by atoms with E-state index < -0.39 is 4.92 Å². The molecule has 2 heterocycles. The van der Waals surface area contributed by atoms with Crippen LogP contribution in [0.1, 0.15) is 17.4 Å². The molecule has 2 atom stereocenters. The van der Waals surface area contributed by atoms with Gasteiger partial charge in [0.1, 0.15) is 0 Å². The molecule has 0 saturated carbocycles. The number of hydrogen-bond acceptors (Lipinski definition) is 6. The van der Waals surface area contributed by atoms with Crippen LogP contribution in [0.5, 0.6) is 0 Å². The minimum atomic E-state index is -0.412. The fourth-order valence-electron chi connectivity index (χ4n) is 4.05. The maximum absolute atomic E-state index is 11.0. The van der Waals surface area contributed by atoms with Crippen LogP contribution in [0, 0.1) is 16.0 Å². The number of halogens is 2. The first kappa shape index (κ1) is 24.8. The zero-order valence-electron chi connectivity index (χ0n) is 16.9. The standard InChI is InChI=1S/C22H24N4O3.2ClH/c23-12-18-14-25(15-20(18)16-5-2-1-3-6-16)10-9-22-24-13-21(29-22)17-7-4-8-19(11-17)26(27)28;;/h1-8,11,13,18,20H,9-10,12,14-15,23H2;2*1H/t18-,20+;;/m1../s1. The fourth-order valence-corrected chi connectivity index (χ4v) is 4.05. The van der Waals surface area contributed by atoms with Crippen molar-refractivity contribution >= 4 is 30.5 Å². The van der Waals surface area contributed by atoms with E-state index in [1.807, 2.05) is 6.07 Å². The molecular weight excluding hydrogens is 439 g/mol. The predicted molar refractivity (Wildman–Crippen MR) is 125 cm³/mol. The van der Waals surface area contributed by atoms with Gasteiger partial charge in [-0.2, -0.15) is 0 Å². The van der Waals surface area contributed by atoms with Crippen molar-refractivity contribution in [1.29, 1.82) is 0 Å². The summed E-state index contributed by atoms with van der Waals surface area (Å²) in [6.07, 6.45) is 2.32. The predicted octanol–water partition coefficient (Wildman–Crippen LogP) is 4.31. The van der Waals surface area contributed by atoms with Crippen LogP contribution in [-0.4, -0.2) is 41.0 Å². The van der Waals surface area contributed by atoms with Crippen LogP contribution in [0.4, 0.5) is 5.69 Å². The molecule has 1 aliphatic heterocycles. The summed E-state index contributed by atoms with van der Waals surface area (Å²) in [5.74, 6) is 2.08. The van der Waals surface area contributed by atoms with E-state index in [-0.39, 0.29) is 30.5 Å². The van der Waals surface area contributed by atoms with Crippen molar-refractivity contribution in [3.8, 4) is 11.3 Å². The van der Waals surface area contributed by atoms with Crippen molar-refractivity contribution in [1.82, 2.24) is 9.88 Å². The number of rotatable bonds is 7. The third-order valence-corrected chi connectivity index (χ3v) is 5.58. The second kappa shape index (κ2) is 11.2. The van der Waals surface area contributed by atoms with Gasteiger partial charge in [-0.25, -0.2) is 4.98 Å². The van der Waals surface area contributed by atoms with Crippen LogP contribution in [0.25, 0.3) is 11.3 Å². The van der Waals surface area contributed by atoms with Crippen molar-refractivity contribution in [2.45, 2.75) is 12.3 Å². The topological polar surface area (TPSA) is 98.4 Å². The first-order valence-electron chi connectivity index (χ1n) is 9.81. The number of nitro benzene ring substituents is 1. The Morgan fingerprint density at radius 3 is 2.61 bits per heavy atom. The highest BCUT2D eigenvalue weighted by atomic mass is 35.5. The Morgan fingerprint density at radius 1 is 1.13 bits per heavy atom. The van der Waals surface area contributed by atoms with Gasteiger partial charge in [-0.05, 0) is 18.0 Å². The molecule has 1 aliphatic rings. The van der Waals surface area contributed by atoms with E-state index in [0.29, 0.717) is 42.0 Å². The number of likely N-dealkylation sites (tertiary alicyclic amines) is 1. The molecule has 9 heteroatoms. The van der Waals surface area contributed by atoms with Gasteiger partial charge in [0.05, 0.1) is 11.1 Å². The number of nitrogens with zero attached hydrogens (tertiary/aromatic N) is 3. The van der Waals surface area contributed by atoms with Gasteiger partial charge in [-0.1, -0.05) is 42.5 Å². The summed E-state index contributed by atoms with van der Waals surface area (Å²) in [5.41, 5.74) is 8.07. The summed E-state index contributed by atoms with van der Waals surface area (Å²) in [7, 11) is 0. The highest BCUT2D eigenvalue weighted by Crippen LogP contribution is 2.32. The molecule has 3 aromatic rings. The normalized spacial score (nSPS) is 18.2. The van der Waals surface area contributed by atoms with Crippen LogP contribution in [0.2, 0.25) is 0 Å². The molecular formula is C22H26Cl2N4O3. The van der Waals surface area contributed by atoms with Gasteiger partial charge in [-0.3, -0.25) is 10.1 Å². The molecule has 7 nitrogen and oxygen atoms in total. The summed E-state index contributed by atoms with van der Waals surface area (Å²) in [6.45, 7) is 3.46. The molecule has 1 fully saturated rings. The number of aromatic nitrogens is 1. The van der Waals surface area contributed by atoms with Crippen molar-refractivity contribution in [2.24, 2.45) is 11.7 Å². The monoisotopic (exact) mass is 464 g/mol. The van der Waals surface area contributed by atoms with E-state index in [2.05, 4.69) is 34.1 Å². The first-order valence-corrected chi connectivity index (χ1v) is 9.81. The number of oxazole rings is 1. The molecule has 0 unspecified atom stereocenters. The summed E-state index contributed by atoms with van der Waals surface area (Å²) < 4.78 is 5.84. The van der Waals surface area contributed by atoms with E-state index in [1.54, 1.807) is 18.3 Å². The minimum Gasteiger partial charge on any atom is -0.441 e. The molecule has 1 saturated heterocycles. The lowest BCUT2D eigenvalue weighted by Gasteiger charge is -2.16. The van der Waals surface area contributed by atoms with Gasteiger partial charge in [-0.15, -0.1) is 24.8 Å². The van der Waals surface area contributed by atoms with E-state index in [0.717, 1.165) is 19.6 Å². The molecule has 1 aromatic heterocycles. The third-order valence-electron chi connectivity index (χ3n) is 5.58. The highest BCUT2D eigenvalue weighted by molar-refractivity contribution is 5.85. The summed E-state index contributed by atoms with van der Waals surface area (Å²) in [5, 5.41) is 11.0. The average Bonchev–Trinajstić information content (AvgIpc) is 3.40. The van der Waals surface area contributed by atoms with Crippen LogP contribution in [0.3, 0.4) is 0 Å². The van der Waals surface area contributed by atoms with Gasteiger partial charge in [0, 0.05) is 49.7 Å². The Kier molecular flexibility index (Phi) is 9.00. The van der Waals surface area contributed by atoms with Gasteiger partial charge >= 0.3 is 0 Å². The van der Waals surface area contributed by atoms with E-state index in [1.165, 1.54) is 17.7 Å². The zero-order valence-corrected chi connectivity index (χ0v) is 18.6. The van der Waals surface area contributed by atoms with Gasteiger partial charge in [0.15, 0.2) is 11.7 Å². The van der Waals surface area contributed by atoms with Crippen molar-refractivity contribution in [3.63, 3.8) is 0 Å². The molecule has 2 aromatic carbocycles. The quantitative estimate of drug-likeness (QED) is 0.413. The molecule has 31 heavy (non-hydrogen) atoms. The minimum absolute atomic E-state index is 0. The molecule has 4 rings (SSSR count). The Hall–Kier alpha value is -2.45. The first-order chi connectivity index (χ1) is 14.1. The molecule has 0 aliphatic carbocycles. The van der Waals surface area contributed by atoms with Crippen LogP contribution >= 0.6 is 24.8 Å². The zero-order chi connectivity index (χ0) is 20.2. The third kappa shape index (κ3) is 5.83. The number of nitro groups is 1. The molecule has 0 amide bonds. The van der Waals surface area contributed by atoms with E-state index in [9.17, 15) is 10.1 Å².